The molecule has 0 radical (unpaired) electrons. The van der Waals surface area contributed by atoms with Crippen molar-refractivity contribution in [3.63, 3.8) is 0 Å². The Kier molecular flexibility index (Phi) is 7.07. The number of rotatable bonds is 6. The van der Waals surface area contributed by atoms with Crippen molar-refractivity contribution in [3.8, 4) is 6.07 Å². The summed E-state index contributed by atoms with van der Waals surface area (Å²) in [5.74, 6) is -0.423. The van der Waals surface area contributed by atoms with E-state index in [1.54, 1.807) is 12.1 Å². The first-order chi connectivity index (χ1) is 11.2. The third kappa shape index (κ3) is 6.02. The number of ether oxygens (including phenoxy) is 1. The van der Waals surface area contributed by atoms with Gasteiger partial charge in [0.05, 0.1) is 13.2 Å². The summed E-state index contributed by atoms with van der Waals surface area (Å²) in [6, 6.07) is 9.10. The van der Waals surface area contributed by atoms with Gasteiger partial charge in [-0.25, -0.2) is 0 Å². The average molecular weight is 379 g/mol. The van der Waals surface area contributed by atoms with Gasteiger partial charge >= 0.3 is 0 Å². The molecule has 0 atom stereocenters. The molecule has 2 N–H and O–H groups in total. The number of nitrogens with one attached hydrogen (secondary N) is 2. The fraction of sp³-hybridized carbons (Fsp3) is 0.375. The second-order valence-electron chi connectivity index (χ2n) is 5.04. The van der Waals surface area contributed by atoms with E-state index in [2.05, 4.69) is 31.5 Å². The Hall–Kier alpha value is -1.88. The molecule has 0 aliphatic carbocycles. The quantitative estimate of drug-likeness (QED) is 0.447. The molecule has 6 nitrogen and oxygen atoms in total. The van der Waals surface area contributed by atoms with Crippen molar-refractivity contribution in [2.24, 2.45) is 0 Å². The largest absolute Gasteiger partial charge is 0.388 e. The number of carbonyl (C=O) groups is 1. The number of amides is 1. The third-order valence-corrected chi connectivity index (χ3v) is 3.92. The van der Waals surface area contributed by atoms with Gasteiger partial charge in [0.1, 0.15) is 11.6 Å². The average Bonchev–Trinajstić information content (AvgIpc) is 2.58. The van der Waals surface area contributed by atoms with Crippen LogP contribution in [0, 0.1) is 11.3 Å². The van der Waals surface area contributed by atoms with Crippen molar-refractivity contribution in [2.75, 3.05) is 44.7 Å². The molecule has 0 bridgehead atoms. The summed E-state index contributed by atoms with van der Waals surface area (Å²) in [5, 5.41) is 14.8. The molecule has 1 amide bonds. The van der Waals surface area contributed by atoms with Crippen LogP contribution in [0.15, 0.2) is 40.5 Å². The van der Waals surface area contributed by atoms with Crippen molar-refractivity contribution in [1.29, 1.82) is 5.26 Å². The van der Waals surface area contributed by atoms with Gasteiger partial charge in [-0.15, -0.1) is 0 Å². The lowest BCUT2D eigenvalue weighted by Crippen LogP contribution is -2.39. The molecule has 1 saturated heterocycles. The van der Waals surface area contributed by atoms with Crippen molar-refractivity contribution >= 4 is 27.5 Å². The summed E-state index contributed by atoms with van der Waals surface area (Å²) in [6.45, 7) is 4.88. The van der Waals surface area contributed by atoms with Crippen molar-refractivity contribution in [3.05, 3.63) is 40.5 Å². The highest BCUT2D eigenvalue weighted by atomic mass is 79.9. The van der Waals surface area contributed by atoms with Crippen molar-refractivity contribution in [2.45, 2.75) is 0 Å². The molecule has 0 spiro atoms. The Morgan fingerprint density at radius 3 is 2.70 bits per heavy atom. The van der Waals surface area contributed by atoms with Crippen LogP contribution < -0.4 is 10.6 Å². The summed E-state index contributed by atoms with van der Waals surface area (Å²) in [5.41, 5.74) is 0.697. The predicted octanol–water partition coefficient (Wildman–Crippen LogP) is 1.72. The molecular formula is C16H19BrN4O2. The normalized spacial score (nSPS) is 15.7. The van der Waals surface area contributed by atoms with E-state index in [0.717, 1.165) is 37.3 Å². The van der Waals surface area contributed by atoms with Gasteiger partial charge in [0.15, 0.2) is 0 Å². The number of hydrogen-bond acceptors (Lipinski definition) is 5. The standard InChI is InChI=1S/C16H19BrN4O2/c17-14-1-3-15(4-2-14)20-16(22)13(11-18)12-19-5-6-21-7-9-23-10-8-21/h1-4,12,19H,5-10H2,(H,20,22)/b13-12-. The maximum absolute atomic E-state index is 12.0. The van der Waals surface area contributed by atoms with E-state index in [4.69, 9.17) is 10.00 Å². The summed E-state index contributed by atoms with van der Waals surface area (Å²) in [6.07, 6.45) is 1.47. The first-order valence-electron chi connectivity index (χ1n) is 7.40. The first-order valence-corrected chi connectivity index (χ1v) is 8.19. The van der Waals surface area contributed by atoms with Crippen LogP contribution in [-0.2, 0) is 9.53 Å². The molecule has 122 valence electrons. The molecule has 0 saturated carbocycles. The summed E-state index contributed by atoms with van der Waals surface area (Å²) in [7, 11) is 0. The molecule has 23 heavy (non-hydrogen) atoms. The fourth-order valence-corrected chi connectivity index (χ4v) is 2.37. The molecule has 2 rings (SSSR count). The summed E-state index contributed by atoms with van der Waals surface area (Å²) < 4.78 is 6.21. The molecular weight excluding hydrogens is 360 g/mol. The number of nitriles is 1. The number of hydrogen-bond donors (Lipinski definition) is 2. The molecule has 0 unspecified atom stereocenters. The van der Waals surface area contributed by atoms with Crippen LogP contribution in [0.3, 0.4) is 0 Å². The molecule has 1 aliphatic heterocycles. The van der Waals surface area contributed by atoms with Crippen LogP contribution in [0.4, 0.5) is 5.69 Å². The monoisotopic (exact) mass is 378 g/mol. The third-order valence-electron chi connectivity index (χ3n) is 3.39. The minimum atomic E-state index is -0.423. The van der Waals surface area contributed by atoms with Crippen LogP contribution in [0.1, 0.15) is 0 Å². The zero-order chi connectivity index (χ0) is 16.5. The molecule has 1 fully saturated rings. The second-order valence-corrected chi connectivity index (χ2v) is 5.95. The molecule has 7 heteroatoms. The Labute approximate surface area is 144 Å². The smallest absolute Gasteiger partial charge is 0.267 e. The SMILES string of the molecule is N#C/C(=C/NCCN1CCOCC1)C(=O)Nc1ccc(Br)cc1. The predicted molar refractivity (Wildman–Crippen MR) is 91.7 cm³/mol. The number of nitrogens with zero attached hydrogens (tertiary/aromatic N) is 2. The fourth-order valence-electron chi connectivity index (χ4n) is 2.10. The zero-order valence-corrected chi connectivity index (χ0v) is 14.3. The molecule has 0 aromatic heterocycles. The number of morpholine rings is 1. The number of carbonyl (C=O) groups excluding carboxylic acids is 1. The van der Waals surface area contributed by atoms with Crippen LogP contribution in [0.25, 0.3) is 0 Å². The van der Waals surface area contributed by atoms with Crippen LogP contribution in [0.2, 0.25) is 0 Å². The van der Waals surface area contributed by atoms with Gasteiger partial charge in [-0.1, -0.05) is 15.9 Å². The Bertz CT molecular complexity index is 589. The van der Waals surface area contributed by atoms with E-state index in [0.29, 0.717) is 12.2 Å². The van der Waals surface area contributed by atoms with Crippen LogP contribution in [-0.4, -0.2) is 50.2 Å². The maximum atomic E-state index is 12.0. The van der Waals surface area contributed by atoms with E-state index >= 15 is 0 Å². The van der Waals surface area contributed by atoms with Crippen LogP contribution >= 0.6 is 15.9 Å². The topological polar surface area (TPSA) is 77.4 Å². The Morgan fingerprint density at radius 2 is 2.04 bits per heavy atom. The first kappa shape index (κ1) is 17.5. The van der Waals surface area contributed by atoms with Gasteiger partial charge in [0, 0.05) is 42.5 Å². The van der Waals surface area contributed by atoms with Crippen molar-refractivity contribution in [1.82, 2.24) is 10.2 Å². The van der Waals surface area contributed by atoms with E-state index in [1.807, 2.05) is 18.2 Å². The van der Waals surface area contributed by atoms with Gasteiger partial charge in [-0.3, -0.25) is 9.69 Å². The molecule has 1 aromatic rings. The lowest BCUT2D eigenvalue weighted by atomic mass is 10.2. The van der Waals surface area contributed by atoms with Gasteiger partial charge in [0.2, 0.25) is 0 Å². The minimum absolute atomic E-state index is 0.0508. The van der Waals surface area contributed by atoms with Gasteiger partial charge in [-0.05, 0) is 24.3 Å². The van der Waals surface area contributed by atoms with Gasteiger partial charge < -0.3 is 15.4 Å². The molecule has 1 aliphatic rings. The van der Waals surface area contributed by atoms with E-state index in [1.165, 1.54) is 6.20 Å². The summed E-state index contributed by atoms with van der Waals surface area (Å²) in [4.78, 5) is 14.3. The summed E-state index contributed by atoms with van der Waals surface area (Å²) >= 11 is 3.33. The zero-order valence-electron chi connectivity index (χ0n) is 12.7. The van der Waals surface area contributed by atoms with Crippen LogP contribution in [0.5, 0.6) is 0 Å². The number of benzene rings is 1. The van der Waals surface area contributed by atoms with E-state index in [-0.39, 0.29) is 5.57 Å². The highest BCUT2D eigenvalue weighted by Crippen LogP contribution is 2.14. The highest BCUT2D eigenvalue weighted by Gasteiger charge is 2.10. The van der Waals surface area contributed by atoms with Gasteiger partial charge in [0.25, 0.3) is 5.91 Å². The second kappa shape index (κ2) is 9.30. The number of halogens is 1. The number of anilines is 1. The lowest BCUT2D eigenvalue weighted by molar-refractivity contribution is -0.112. The maximum Gasteiger partial charge on any atom is 0.267 e. The van der Waals surface area contributed by atoms with Gasteiger partial charge in [-0.2, -0.15) is 5.26 Å². The van der Waals surface area contributed by atoms with Crippen molar-refractivity contribution < 1.29 is 9.53 Å². The Balaban J connectivity index is 1.79. The molecule has 1 heterocycles. The lowest BCUT2D eigenvalue weighted by Gasteiger charge is -2.26. The van der Waals surface area contributed by atoms with E-state index < -0.39 is 5.91 Å². The van der Waals surface area contributed by atoms with E-state index in [9.17, 15) is 4.79 Å². The Morgan fingerprint density at radius 1 is 1.35 bits per heavy atom. The molecule has 1 aromatic carbocycles. The minimum Gasteiger partial charge on any atom is -0.388 e. The highest BCUT2D eigenvalue weighted by molar-refractivity contribution is 9.10.